The smallest absolute Gasteiger partial charge is 0.252 e. The van der Waals surface area contributed by atoms with E-state index in [1.165, 1.54) is 0 Å². The van der Waals surface area contributed by atoms with E-state index in [2.05, 4.69) is 43.8 Å². The molecular formula is C12H13BrINO3S. The molecule has 1 aliphatic heterocycles. The van der Waals surface area contributed by atoms with Crippen LogP contribution in [-0.2, 0) is 9.84 Å². The van der Waals surface area contributed by atoms with Crippen LogP contribution in [0.3, 0.4) is 0 Å². The molecule has 7 heteroatoms. The second-order valence-electron chi connectivity index (χ2n) is 4.47. The van der Waals surface area contributed by atoms with Crippen molar-refractivity contribution in [3.8, 4) is 0 Å². The van der Waals surface area contributed by atoms with E-state index in [0.29, 0.717) is 22.9 Å². The summed E-state index contributed by atoms with van der Waals surface area (Å²) in [7, 11) is -3.01. The van der Waals surface area contributed by atoms with Gasteiger partial charge in [0.1, 0.15) is 0 Å². The second-order valence-corrected chi connectivity index (χ2v) is 8.97. The highest BCUT2D eigenvalue weighted by molar-refractivity contribution is 14.1. The van der Waals surface area contributed by atoms with Crippen molar-refractivity contribution < 1.29 is 13.2 Å². The Kier molecular flexibility index (Phi) is 4.88. The predicted molar refractivity (Wildman–Crippen MR) is 86.0 cm³/mol. The molecule has 1 aliphatic rings. The molecule has 4 nitrogen and oxygen atoms in total. The van der Waals surface area contributed by atoms with Gasteiger partial charge in [-0.2, -0.15) is 0 Å². The summed E-state index contributed by atoms with van der Waals surface area (Å²) in [6.07, 6.45) is 1.33. The zero-order valence-corrected chi connectivity index (χ0v) is 14.6. The fourth-order valence-electron chi connectivity index (χ4n) is 2.06. The number of amides is 1. The van der Waals surface area contributed by atoms with Crippen LogP contribution in [-0.4, -0.2) is 31.9 Å². The van der Waals surface area contributed by atoms with Crippen LogP contribution in [0.1, 0.15) is 23.2 Å². The Labute approximate surface area is 134 Å². The lowest BCUT2D eigenvalue weighted by molar-refractivity contribution is 0.0953. The van der Waals surface area contributed by atoms with Gasteiger partial charge in [0.05, 0.1) is 16.6 Å². The van der Waals surface area contributed by atoms with Crippen LogP contribution >= 0.6 is 38.5 Å². The van der Waals surface area contributed by atoms with Gasteiger partial charge in [-0.05, 0) is 69.6 Å². The van der Waals surface area contributed by atoms with Gasteiger partial charge in [0.2, 0.25) is 0 Å². The van der Waals surface area contributed by atoms with Gasteiger partial charge in [-0.15, -0.1) is 0 Å². The van der Waals surface area contributed by atoms with Crippen molar-refractivity contribution in [2.75, 3.05) is 12.3 Å². The van der Waals surface area contributed by atoms with Crippen molar-refractivity contribution in [1.29, 1.82) is 0 Å². The standard InChI is InChI=1S/C12H13BrINO3S/c13-11-4-3-8(14)6-10(11)12(16)15-7-9-2-1-5-19(9,17)18/h3-4,6,9H,1-2,5,7H2,(H,15,16). The summed E-state index contributed by atoms with van der Waals surface area (Å²) in [4.78, 5) is 12.0. The minimum Gasteiger partial charge on any atom is -0.351 e. The van der Waals surface area contributed by atoms with Crippen molar-refractivity contribution in [3.63, 3.8) is 0 Å². The Morgan fingerprint density at radius 2 is 2.21 bits per heavy atom. The zero-order valence-electron chi connectivity index (χ0n) is 10.0. The molecule has 1 saturated heterocycles. The Bertz CT molecular complexity index is 603. The maximum Gasteiger partial charge on any atom is 0.252 e. The average molecular weight is 458 g/mol. The summed E-state index contributed by atoms with van der Waals surface area (Å²) in [5.41, 5.74) is 0.530. The van der Waals surface area contributed by atoms with E-state index in [1.807, 2.05) is 12.1 Å². The summed E-state index contributed by atoms with van der Waals surface area (Å²) in [5, 5.41) is 2.28. The first kappa shape index (κ1) is 15.2. The normalized spacial score (nSPS) is 21.3. The van der Waals surface area contributed by atoms with Crippen LogP contribution in [0.25, 0.3) is 0 Å². The highest BCUT2D eigenvalue weighted by Gasteiger charge is 2.31. The molecule has 1 amide bonds. The highest BCUT2D eigenvalue weighted by atomic mass is 127. The summed E-state index contributed by atoms with van der Waals surface area (Å²) >= 11 is 5.46. The van der Waals surface area contributed by atoms with E-state index >= 15 is 0 Å². The average Bonchev–Trinajstić information content (AvgIpc) is 2.68. The lowest BCUT2D eigenvalue weighted by Crippen LogP contribution is -2.34. The molecule has 1 aromatic rings. The number of nitrogens with one attached hydrogen (secondary N) is 1. The first-order valence-electron chi connectivity index (χ1n) is 5.85. The molecule has 1 heterocycles. The number of carbonyl (C=O) groups excluding carboxylic acids is 1. The zero-order chi connectivity index (χ0) is 14.0. The van der Waals surface area contributed by atoms with E-state index in [9.17, 15) is 13.2 Å². The topological polar surface area (TPSA) is 63.2 Å². The summed E-state index contributed by atoms with van der Waals surface area (Å²) in [6.45, 7) is 0.194. The van der Waals surface area contributed by atoms with Gasteiger partial charge in [-0.1, -0.05) is 0 Å². The third-order valence-corrected chi connectivity index (χ3v) is 6.76. The molecule has 0 aromatic heterocycles. The van der Waals surface area contributed by atoms with E-state index in [4.69, 9.17) is 0 Å². The van der Waals surface area contributed by atoms with Crippen molar-refractivity contribution >= 4 is 54.3 Å². The largest absolute Gasteiger partial charge is 0.351 e. The fraction of sp³-hybridized carbons (Fsp3) is 0.417. The van der Waals surface area contributed by atoms with Crippen LogP contribution in [0.4, 0.5) is 0 Å². The minimum atomic E-state index is -3.01. The lowest BCUT2D eigenvalue weighted by Gasteiger charge is -2.11. The molecule has 1 aromatic carbocycles. The van der Waals surface area contributed by atoms with Gasteiger partial charge in [0.25, 0.3) is 5.91 Å². The van der Waals surface area contributed by atoms with Crippen molar-refractivity contribution in [1.82, 2.24) is 5.32 Å². The molecule has 2 rings (SSSR count). The molecule has 0 spiro atoms. The third-order valence-electron chi connectivity index (χ3n) is 3.13. The van der Waals surface area contributed by atoms with E-state index < -0.39 is 15.1 Å². The quantitative estimate of drug-likeness (QED) is 0.708. The molecule has 0 saturated carbocycles. The predicted octanol–water partition coefficient (Wildman–Crippen LogP) is 2.36. The Morgan fingerprint density at radius 1 is 1.47 bits per heavy atom. The van der Waals surface area contributed by atoms with Crippen molar-refractivity contribution in [2.45, 2.75) is 18.1 Å². The first-order valence-corrected chi connectivity index (χ1v) is 9.44. The molecule has 0 radical (unpaired) electrons. The van der Waals surface area contributed by atoms with Gasteiger partial charge in [-0.25, -0.2) is 8.42 Å². The molecule has 1 atom stereocenters. The third kappa shape index (κ3) is 3.69. The van der Waals surface area contributed by atoms with Crippen LogP contribution in [0, 0.1) is 3.57 Å². The molecular weight excluding hydrogens is 445 g/mol. The number of sulfone groups is 1. The summed E-state index contributed by atoms with van der Waals surface area (Å²) < 4.78 is 25.0. The molecule has 19 heavy (non-hydrogen) atoms. The van der Waals surface area contributed by atoms with Gasteiger partial charge in [0.15, 0.2) is 9.84 Å². The maximum atomic E-state index is 12.0. The minimum absolute atomic E-state index is 0.194. The molecule has 0 bridgehead atoms. The van der Waals surface area contributed by atoms with Crippen molar-refractivity contribution in [3.05, 3.63) is 31.8 Å². The maximum absolute atomic E-state index is 12.0. The Balaban J connectivity index is 2.04. The number of rotatable bonds is 3. The monoisotopic (exact) mass is 457 g/mol. The van der Waals surface area contributed by atoms with Gasteiger partial charge < -0.3 is 5.32 Å². The Hall–Kier alpha value is -0.150. The SMILES string of the molecule is O=C(NCC1CCCS1(=O)=O)c1cc(I)ccc1Br. The molecule has 1 unspecified atom stereocenters. The number of hydrogen-bond acceptors (Lipinski definition) is 3. The Morgan fingerprint density at radius 3 is 2.84 bits per heavy atom. The fourth-order valence-corrected chi connectivity index (χ4v) is 4.74. The van der Waals surface area contributed by atoms with Gasteiger partial charge in [0, 0.05) is 14.6 Å². The number of hydrogen-bond donors (Lipinski definition) is 1. The second kappa shape index (κ2) is 6.09. The number of halogens is 2. The van der Waals surface area contributed by atoms with E-state index in [0.717, 1.165) is 3.57 Å². The van der Waals surface area contributed by atoms with Gasteiger partial charge >= 0.3 is 0 Å². The van der Waals surface area contributed by atoms with E-state index in [1.54, 1.807) is 6.07 Å². The number of benzene rings is 1. The molecule has 1 fully saturated rings. The van der Waals surface area contributed by atoms with E-state index in [-0.39, 0.29) is 18.2 Å². The molecule has 1 N–H and O–H groups in total. The lowest BCUT2D eigenvalue weighted by atomic mass is 10.2. The highest BCUT2D eigenvalue weighted by Crippen LogP contribution is 2.21. The summed E-state index contributed by atoms with van der Waals surface area (Å²) in [5.74, 6) is -0.00649. The first-order chi connectivity index (χ1) is 8.90. The molecule has 104 valence electrons. The van der Waals surface area contributed by atoms with Crippen LogP contribution in [0.5, 0.6) is 0 Å². The number of carbonyl (C=O) groups is 1. The van der Waals surface area contributed by atoms with Crippen LogP contribution < -0.4 is 5.32 Å². The van der Waals surface area contributed by atoms with Crippen LogP contribution in [0.2, 0.25) is 0 Å². The van der Waals surface area contributed by atoms with Crippen LogP contribution in [0.15, 0.2) is 22.7 Å². The molecule has 0 aliphatic carbocycles. The summed E-state index contributed by atoms with van der Waals surface area (Å²) in [6, 6.07) is 5.47. The van der Waals surface area contributed by atoms with Gasteiger partial charge in [-0.3, -0.25) is 4.79 Å². The van der Waals surface area contributed by atoms with Crippen molar-refractivity contribution in [2.24, 2.45) is 0 Å².